The van der Waals surface area contributed by atoms with Gasteiger partial charge in [0.2, 0.25) is 5.95 Å². The van der Waals surface area contributed by atoms with E-state index in [-0.39, 0.29) is 5.56 Å². The number of nitrogens with one attached hydrogen (secondary N) is 1. The molecule has 0 radical (unpaired) electrons. The number of aromatic nitrogens is 3. The smallest absolute Gasteiger partial charge is 0.262 e. The van der Waals surface area contributed by atoms with Gasteiger partial charge >= 0.3 is 0 Å². The predicted octanol–water partition coefficient (Wildman–Crippen LogP) is 3.53. The van der Waals surface area contributed by atoms with E-state index in [1.807, 2.05) is 37.3 Å². The van der Waals surface area contributed by atoms with Crippen LogP contribution >= 0.6 is 0 Å². The molecule has 5 heteroatoms. The van der Waals surface area contributed by atoms with Gasteiger partial charge in [0.1, 0.15) is 0 Å². The number of nitrogens with zero attached hydrogens (tertiary/aromatic N) is 3. The maximum absolute atomic E-state index is 12.8. The molecule has 3 aromatic rings. The molecule has 0 aliphatic carbocycles. The Bertz CT molecular complexity index is 971. The summed E-state index contributed by atoms with van der Waals surface area (Å²) in [5, 5.41) is 0.561. The highest BCUT2D eigenvalue weighted by Crippen LogP contribution is 2.28. The van der Waals surface area contributed by atoms with Gasteiger partial charge < -0.3 is 4.90 Å². The van der Waals surface area contributed by atoms with E-state index in [9.17, 15) is 4.79 Å². The number of aryl methyl sites for hydroxylation is 1. The van der Waals surface area contributed by atoms with Crippen molar-refractivity contribution in [3.05, 3.63) is 52.4 Å². The van der Waals surface area contributed by atoms with Crippen molar-refractivity contribution in [2.24, 2.45) is 5.92 Å². The Morgan fingerprint density at radius 3 is 2.64 bits per heavy atom. The summed E-state index contributed by atoms with van der Waals surface area (Å²) < 4.78 is 0. The fraction of sp³-hybridized carbons (Fsp3) is 0.350. The third-order valence-electron chi connectivity index (χ3n) is 5.11. The number of pyridine rings is 1. The largest absolute Gasteiger partial charge is 0.342 e. The van der Waals surface area contributed by atoms with Crippen LogP contribution in [0.4, 0.5) is 5.95 Å². The summed E-state index contributed by atoms with van der Waals surface area (Å²) in [6.07, 6.45) is 3.98. The number of hydrogen-bond donors (Lipinski definition) is 1. The molecular weight excluding hydrogens is 312 g/mol. The third kappa shape index (κ3) is 2.90. The number of fused-ring (bicyclic) bond motifs is 1. The summed E-state index contributed by atoms with van der Waals surface area (Å²) in [4.78, 5) is 27.0. The molecule has 0 amide bonds. The van der Waals surface area contributed by atoms with E-state index < -0.39 is 0 Å². The van der Waals surface area contributed by atoms with E-state index in [1.54, 1.807) is 6.20 Å². The SMILES string of the molecule is Cc1ccccc1-c1ccnc2nc(N3CCC(C)CC3)[nH]c(=O)c12. The van der Waals surface area contributed by atoms with Crippen LogP contribution in [-0.4, -0.2) is 28.0 Å². The Morgan fingerprint density at radius 2 is 1.88 bits per heavy atom. The Labute approximate surface area is 146 Å². The summed E-state index contributed by atoms with van der Waals surface area (Å²) >= 11 is 0. The number of H-pyrrole nitrogens is 1. The molecule has 5 nitrogen and oxygen atoms in total. The van der Waals surface area contributed by atoms with Gasteiger partial charge in [0.15, 0.2) is 5.65 Å². The molecule has 1 aromatic carbocycles. The van der Waals surface area contributed by atoms with Crippen LogP contribution in [-0.2, 0) is 0 Å². The molecule has 1 N–H and O–H groups in total. The minimum absolute atomic E-state index is 0.120. The Kier molecular flexibility index (Phi) is 3.99. The highest BCUT2D eigenvalue weighted by atomic mass is 16.1. The van der Waals surface area contributed by atoms with Gasteiger partial charge in [-0.05, 0) is 42.9 Å². The number of rotatable bonds is 2. The lowest BCUT2D eigenvalue weighted by Crippen LogP contribution is -2.35. The standard InChI is InChI=1S/C20H22N4O/c1-13-8-11-24(12-9-13)20-22-18-17(19(25)23-20)16(7-10-21-18)15-6-4-3-5-14(15)2/h3-7,10,13H,8-9,11-12H2,1-2H3,(H,21,22,23,25). The molecule has 0 atom stereocenters. The van der Waals surface area contributed by atoms with Crippen LogP contribution in [0.15, 0.2) is 41.3 Å². The summed E-state index contributed by atoms with van der Waals surface area (Å²) in [5.41, 5.74) is 3.45. The van der Waals surface area contributed by atoms with Crippen LogP contribution < -0.4 is 10.5 Å². The molecule has 0 unspecified atom stereocenters. The number of benzene rings is 1. The van der Waals surface area contributed by atoms with Crippen LogP contribution in [0, 0.1) is 12.8 Å². The zero-order valence-electron chi connectivity index (χ0n) is 14.6. The van der Waals surface area contributed by atoms with Crippen molar-refractivity contribution in [2.75, 3.05) is 18.0 Å². The lowest BCUT2D eigenvalue weighted by molar-refractivity contribution is 0.434. The molecule has 0 bridgehead atoms. The van der Waals surface area contributed by atoms with Crippen molar-refractivity contribution in [3.63, 3.8) is 0 Å². The first-order valence-corrected chi connectivity index (χ1v) is 8.83. The molecule has 3 heterocycles. The van der Waals surface area contributed by atoms with Gasteiger partial charge in [-0.2, -0.15) is 4.98 Å². The Hall–Kier alpha value is -2.69. The molecule has 0 saturated carbocycles. The Morgan fingerprint density at radius 1 is 1.12 bits per heavy atom. The average Bonchev–Trinajstić information content (AvgIpc) is 2.62. The second kappa shape index (κ2) is 6.31. The molecular formula is C20H22N4O. The van der Waals surface area contributed by atoms with Crippen LogP contribution in [0.25, 0.3) is 22.2 Å². The average molecular weight is 334 g/mol. The fourth-order valence-corrected chi connectivity index (χ4v) is 3.52. The number of anilines is 1. The number of hydrogen-bond acceptors (Lipinski definition) is 4. The molecule has 25 heavy (non-hydrogen) atoms. The van der Waals surface area contributed by atoms with Gasteiger partial charge in [0, 0.05) is 24.8 Å². The third-order valence-corrected chi connectivity index (χ3v) is 5.11. The number of aromatic amines is 1. The highest BCUT2D eigenvalue weighted by Gasteiger charge is 2.20. The molecule has 1 saturated heterocycles. The first kappa shape index (κ1) is 15.8. The zero-order chi connectivity index (χ0) is 17.4. The topological polar surface area (TPSA) is 61.9 Å². The van der Waals surface area contributed by atoms with Gasteiger partial charge in [-0.15, -0.1) is 0 Å². The quantitative estimate of drug-likeness (QED) is 0.779. The van der Waals surface area contributed by atoms with Crippen LogP contribution in [0.2, 0.25) is 0 Å². The monoisotopic (exact) mass is 334 g/mol. The van der Waals surface area contributed by atoms with Gasteiger partial charge in [0.25, 0.3) is 5.56 Å². The molecule has 128 valence electrons. The van der Waals surface area contributed by atoms with E-state index in [4.69, 9.17) is 0 Å². The van der Waals surface area contributed by atoms with Crippen molar-refractivity contribution in [2.45, 2.75) is 26.7 Å². The van der Waals surface area contributed by atoms with Crippen molar-refractivity contribution < 1.29 is 0 Å². The maximum atomic E-state index is 12.8. The first-order valence-electron chi connectivity index (χ1n) is 8.83. The van der Waals surface area contributed by atoms with Crippen molar-refractivity contribution >= 4 is 17.0 Å². The van der Waals surface area contributed by atoms with Gasteiger partial charge in [-0.3, -0.25) is 9.78 Å². The van der Waals surface area contributed by atoms with E-state index in [0.29, 0.717) is 17.0 Å². The van der Waals surface area contributed by atoms with Crippen LogP contribution in [0.1, 0.15) is 25.3 Å². The minimum atomic E-state index is -0.120. The second-order valence-corrected chi connectivity index (χ2v) is 6.93. The summed E-state index contributed by atoms with van der Waals surface area (Å²) in [7, 11) is 0. The van der Waals surface area contributed by atoms with Crippen molar-refractivity contribution in [1.29, 1.82) is 0 Å². The second-order valence-electron chi connectivity index (χ2n) is 6.93. The van der Waals surface area contributed by atoms with Crippen LogP contribution in [0.3, 0.4) is 0 Å². The van der Waals surface area contributed by atoms with E-state index in [2.05, 4.69) is 26.8 Å². The highest BCUT2D eigenvalue weighted by molar-refractivity contribution is 5.93. The predicted molar refractivity (Wildman–Crippen MR) is 101 cm³/mol. The molecule has 2 aromatic heterocycles. The molecule has 4 rings (SSSR count). The van der Waals surface area contributed by atoms with Crippen molar-refractivity contribution in [1.82, 2.24) is 15.0 Å². The van der Waals surface area contributed by atoms with E-state index in [1.165, 1.54) is 0 Å². The van der Waals surface area contributed by atoms with Crippen molar-refractivity contribution in [3.8, 4) is 11.1 Å². The lowest BCUT2D eigenvalue weighted by atomic mass is 9.99. The van der Waals surface area contributed by atoms with Crippen LogP contribution in [0.5, 0.6) is 0 Å². The molecule has 1 fully saturated rings. The molecule has 1 aliphatic rings. The minimum Gasteiger partial charge on any atom is -0.342 e. The maximum Gasteiger partial charge on any atom is 0.262 e. The first-order chi connectivity index (χ1) is 12.1. The van der Waals surface area contributed by atoms with Gasteiger partial charge in [-0.1, -0.05) is 31.2 Å². The van der Waals surface area contributed by atoms with Gasteiger partial charge in [-0.25, -0.2) is 4.98 Å². The molecule has 1 aliphatic heterocycles. The summed E-state index contributed by atoms with van der Waals surface area (Å²) in [6, 6.07) is 9.96. The number of piperidine rings is 1. The van der Waals surface area contributed by atoms with E-state index >= 15 is 0 Å². The fourth-order valence-electron chi connectivity index (χ4n) is 3.52. The van der Waals surface area contributed by atoms with Gasteiger partial charge in [0.05, 0.1) is 5.39 Å². The summed E-state index contributed by atoms with van der Waals surface area (Å²) in [6.45, 7) is 6.16. The summed E-state index contributed by atoms with van der Waals surface area (Å²) in [5.74, 6) is 1.37. The zero-order valence-corrected chi connectivity index (χ0v) is 14.6. The van der Waals surface area contributed by atoms with E-state index in [0.717, 1.165) is 48.5 Å². The lowest BCUT2D eigenvalue weighted by Gasteiger charge is -2.30. The normalized spacial score (nSPS) is 15.7. The molecule has 0 spiro atoms. The Balaban J connectivity index is 1.84.